The van der Waals surface area contributed by atoms with E-state index in [-0.39, 0.29) is 17.0 Å². The molecule has 1 aliphatic rings. The van der Waals surface area contributed by atoms with E-state index in [1.54, 1.807) is 19.1 Å². The van der Waals surface area contributed by atoms with Crippen LogP contribution in [0.4, 0.5) is 24.5 Å². The first kappa shape index (κ1) is 17.9. The second kappa shape index (κ2) is 6.78. The van der Waals surface area contributed by atoms with Crippen molar-refractivity contribution in [2.24, 2.45) is 0 Å². The summed E-state index contributed by atoms with van der Waals surface area (Å²) in [5, 5.41) is 5.43. The van der Waals surface area contributed by atoms with Crippen molar-refractivity contribution in [1.29, 1.82) is 0 Å². The van der Waals surface area contributed by atoms with Crippen molar-refractivity contribution in [3.05, 3.63) is 52.8 Å². The van der Waals surface area contributed by atoms with Gasteiger partial charge >= 0.3 is 6.18 Å². The van der Waals surface area contributed by atoms with Gasteiger partial charge in [-0.2, -0.15) is 13.2 Å². The maximum absolute atomic E-state index is 12.7. The molecule has 0 fully saturated rings. The maximum atomic E-state index is 12.7. The van der Waals surface area contributed by atoms with E-state index in [0.29, 0.717) is 18.5 Å². The monoisotopic (exact) mass is 363 g/mol. The fraction of sp³-hybridized carbons (Fsp3) is 0.278. The number of nitrogens with one attached hydrogen (secondary N) is 2. The number of benzene rings is 1. The molecule has 2 heterocycles. The largest absolute Gasteiger partial charge is 0.393 e. The van der Waals surface area contributed by atoms with Crippen molar-refractivity contribution in [2.75, 3.05) is 10.6 Å². The number of fused-ring (bicyclic) bond motifs is 1. The van der Waals surface area contributed by atoms with Crippen LogP contribution in [0.25, 0.3) is 0 Å². The molecule has 0 spiro atoms. The lowest BCUT2D eigenvalue weighted by molar-refractivity contribution is -0.127. The Morgan fingerprint density at radius 2 is 2.08 bits per heavy atom. The number of anilines is 2. The second-order valence-corrected chi connectivity index (χ2v) is 6.15. The van der Waals surface area contributed by atoms with Crippen molar-refractivity contribution < 1.29 is 22.8 Å². The van der Waals surface area contributed by atoms with Crippen molar-refractivity contribution in [3.8, 4) is 0 Å². The number of pyridine rings is 1. The van der Waals surface area contributed by atoms with E-state index in [1.165, 1.54) is 12.3 Å². The van der Waals surface area contributed by atoms with Gasteiger partial charge in [0.1, 0.15) is 0 Å². The predicted molar refractivity (Wildman–Crippen MR) is 90.1 cm³/mol. The van der Waals surface area contributed by atoms with Gasteiger partial charge in [-0.05, 0) is 48.2 Å². The average Bonchev–Trinajstić information content (AvgIpc) is 2.54. The Hall–Kier alpha value is -2.90. The van der Waals surface area contributed by atoms with Gasteiger partial charge in [0.25, 0.3) is 5.91 Å². The molecule has 1 aromatic carbocycles. The Kier molecular flexibility index (Phi) is 4.67. The van der Waals surface area contributed by atoms with Gasteiger partial charge in [-0.1, -0.05) is 0 Å². The van der Waals surface area contributed by atoms with E-state index in [1.807, 2.05) is 0 Å². The van der Waals surface area contributed by atoms with Crippen LogP contribution in [0.2, 0.25) is 0 Å². The molecule has 1 aromatic heterocycles. The molecule has 3 rings (SSSR count). The summed E-state index contributed by atoms with van der Waals surface area (Å²) in [4.78, 5) is 27.7. The minimum absolute atomic E-state index is 0.0639. The first-order valence-corrected chi connectivity index (χ1v) is 7.97. The third-order valence-electron chi connectivity index (χ3n) is 4.10. The Morgan fingerprint density at radius 1 is 1.31 bits per heavy atom. The van der Waals surface area contributed by atoms with Crippen LogP contribution in [0.1, 0.15) is 33.5 Å². The summed E-state index contributed by atoms with van der Waals surface area (Å²) in [6.45, 7) is 1.79. The number of halogens is 3. The molecular formula is C18H16F3N3O2. The van der Waals surface area contributed by atoms with Gasteiger partial charge in [-0.15, -0.1) is 0 Å². The molecular weight excluding hydrogens is 347 g/mol. The van der Waals surface area contributed by atoms with Crippen molar-refractivity contribution in [3.63, 3.8) is 0 Å². The molecule has 2 aromatic rings. The summed E-state index contributed by atoms with van der Waals surface area (Å²) in [7, 11) is 0. The predicted octanol–water partition coefficient (Wildman–Crippen LogP) is 3.63. The summed E-state index contributed by atoms with van der Waals surface area (Å²) in [5.41, 5.74) is 2.60. The van der Waals surface area contributed by atoms with E-state index in [9.17, 15) is 22.8 Å². The number of hydrogen-bond acceptors (Lipinski definition) is 3. The molecule has 8 heteroatoms. The standard InChI is InChI=1S/C18H16F3N3O2/c1-10-6-13(7-11-2-3-15(25)24-16(10)11)23-17(26)14-4-5-22-9-12(14)8-18(19,20)21/h4-7,9H,2-3,8H2,1H3,(H,23,26)(H,24,25). The van der Waals surface area contributed by atoms with E-state index in [2.05, 4.69) is 15.6 Å². The number of aryl methyl sites for hydroxylation is 2. The van der Waals surface area contributed by atoms with Gasteiger partial charge in [0.15, 0.2) is 0 Å². The molecule has 0 atom stereocenters. The first-order valence-electron chi connectivity index (χ1n) is 7.97. The van der Waals surface area contributed by atoms with Crippen LogP contribution in [0, 0.1) is 6.92 Å². The first-order chi connectivity index (χ1) is 12.2. The van der Waals surface area contributed by atoms with Gasteiger partial charge in [-0.25, -0.2) is 0 Å². The number of hydrogen-bond donors (Lipinski definition) is 2. The van der Waals surface area contributed by atoms with Crippen LogP contribution in [0.3, 0.4) is 0 Å². The summed E-state index contributed by atoms with van der Waals surface area (Å²) in [5.74, 6) is -0.697. The van der Waals surface area contributed by atoms with Crippen LogP contribution < -0.4 is 10.6 Å². The summed E-state index contributed by atoms with van der Waals surface area (Å²) >= 11 is 0. The van der Waals surface area contributed by atoms with Crippen molar-refractivity contribution in [2.45, 2.75) is 32.4 Å². The van der Waals surface area contributed by atoms with E-state index < -0.39 is 18.5 Å². The van der Waals surface area contributed by atoms with Crippen molar-refractivity contribution >= 4 is 23.2 Å². The SMILES string of the molecule is Cc1cc(NC(=O)c2ccncc2CC(F)(F)F)cc2c1NC(=O)CC2. The minimum Gasteiger partial charge on any atom is -0.326 e. The Labute approximate surface area is 147 Å². The van der Waals surface area contributed by atoms with Crippen LogP contribution in [0.15, 0.2) is 30.6 Å². The minimum atomic E-state index is -4.43. The van der Waals surface area contributed by atoms with Gasteiger partial charge in [0.2, 0.25) is 5.91 Å². The fourth-order valence-corrected chi connectivity index (χ4v) is 2.96. The molecule has 0 unspecified atom stereocenters. The van der Waals surface area contributed by atoms with Crippen molar-refractivity contribution in [1.82, 2.24) is 4.98 Å². The van der Waals surface area contributed by atoms with Crippen LogP contribution in [-0.4, -0.2) is 23.0 Å². The summed E-state index contributed by atoms with van der Waals surface area (Å²) in [6, 6.07) is 4.67. The Bertz CT molecular complexity index is 878. The van der Waals surface area contributed by atoms with E-state index in [4.69, 9.17) is 0 Å². The highest BCUT2D eigenvalue weighted by Gasteiger charge is 2.30. The second-order valence-electron chi connectivity index (χ2n) is 6.15. The summed E-state index contributed by atoms with van der Waals surface area (Å²) < 4.78 is 38.1. The molecule has 136 valence electrons. The molecule has 2 N–H and O–H groups in total. The molecule has 0 aliphatic carbocycles. The molecule has 2 amide bonds. The lowest BCUT2D eigenvalue weighted by atomic mass is 9.98. The highest BCUT2D eigenvalue weighted by molar-refractivity contribution is 6.05. The molecule has 0 radical (unpaired) electrons. The third-order valence-corrected chi connectivity index (χ3v) is 4.10. The highest BCUT2D eigenvalue weighted by atomic mass is 19.4. The Morgan fingerprint density at radius 3 is 2.81 bits per heavy atom. The number of alkyl halides is 3. The maximum Gasteiger partial charge on any atom is 0.393 e. The van der Waals surface area contributed by atoms with Gasteiger partial charge in [0, 0.05) is 35.8 Å². The smallest absolute Gasteiger partial charge is 0.326 e. The van der Waals surface area contributed by atoms with E-state index >= 15 is 0 Å². The number of rotatable bonds is 3. The number of carbonyl (C=O) groups excluding carboxylic acids is 2. The lowest BCUT2D eigenvalue weighted by Gasteiger charge is -2.20. The third kappa shape index (κ3) is 4.01. The molecule has 0 saturated carbocycles. The number of carbonyl (C=O) groups is 2. The highest BCUT2D eigenvalue weighted by Crippen LogP contribution is 2.30. The topological polar surface area (TPSA) is 71.1 Å². The van der Waals surface area contributed by atoms with Gasteiger partial charge in [-0.3, -0.25) is 14.6 Å². The number of nitrogens with zero attached hydrogens (tertiary/aromatic N) is 1. The van der Waals surface area contributed by atoms with Gasteiger partial charge < -0.3 is 10.6 Å². The van der Waals surface area contributed by atoms with Crippen LogP contribution in [-0.2, 0) is 17.6 Å². The zero-order valence-corrected chi connectivity index (χ0v) is 13.9. The zero-order valence-electron chi connectivity index (χ0n) is 13.9. The quantitative estimate of drug-likeness (QED) is 0.875. The molecule has 1 aliphatic heterocycles. The molecule has 5 nitrogen and oxygen atoms in total. The molecule has 0 saturated heterocycles. The number of aromatic nitrogens is 1. The van der Waals surface area contributed by atoms with Gasteiger partial charge in [0.05, 0.1) is 6.42 Å². The molecule has 0 bridgehead atoms. The fourth-order valence-electron chi connectivity index (χ4n) is 2.96. The van der Waals surface area contributed by atoms with Crippen LogP contribution in [0.5, 0.6) is 0 Å². The summed E-state index contributed by atoms with van der Waals surface area (Å²) in [6.07, 6.45) is -2.43. The number of amides is 2. The zero-order chi connectivity index (χ0) is 18.9. The van der Waals surface area contributed by atoms with E-state index in [0.717, 1.165) is 23.0 Å². The average molecular weight is 363 g/mol. The normalized spacial score (nSPS) is 13.8. The van der Waals surface area contributed by atoms with Crippen LogP contribution >= 0.6 is 0 Å². The lowest BCUT2D eigenvalue weighted by Crippen LogP contribution is -2.21. The Balaban J connectivity index is 1.85. The molecule has 26 heavy (non-hydrogen) atoms.